The molecule has 0 atom stereocenters. The number of carbonyl (C=O) groups is 1. The summed E-state index contributed by atoms with van der Waals surface area (Å²) in [7, 11) is -0.793. The number of nitrogens with two attached hydrogens (primary N) is 1. The molecule has 0 spiro atoms. The number of nitrogens with one attached hydrogen (secondary N) is 1. The van der Waals surface area contributed by atoms with Gasteiger partial charge in [0.15, 0.2) is 11.5 Å². The summed E-state index contributed by atoms with van der Waals surface area (Å²) < 4.78 is 37.1. The first-order chi connectivity index (χ1) is 9.87. The summed E-state index contributed by atoms with van der Waals surface area (Å²) in [5.41, 5.74) is 5.08. The number of carbonyl (C=O) groups excluding carboxylic acids is 1. The zero-order valence-corrected chi connectivity index (χ0v) is 12.5. The lowest BCUT2D eigenvalue weighted by molar-refractivity contribution is 0.155. The SMILES string of the molecule is COc1ccc(S(=O)(=O)NC2CN(C(N)=O)C2)cc1OC. The van der Waals surface area contributed by atoms with Gasteiger partial charge in [-0.25, -0.2) is 17.9 Å². The molecular formula is C12H17N3O5S. The summed E-state index contributed by atoms with van der Waals surface area (Å²) in [4.78, 5) is 12.3. The van der Waals surface area contributed by atoms with E-state index >= 15 is 0 Å². The molecule has 2 amide bonds. The lowest BCUT2D eigenvalue weighted by Crippen LogP contribution is -2.62. The van der Waals surface area contributed by atoms with Crippen LogP contribution in [0.2, 0.25) is 0 Å². The zero-order chi connectivity index (χ0) is 15.6. The topological polar surface area (TPSA) is 111 Å². The van der Waals surface area contributed by atoms with Gasteiger partial charge in [-0.2, -0.15) is 0 Å². The Hall–Kier alpha value is -2.00. The minimum absolute atomic E-state index is 0.0673. The predicted octanol–water partition coefficient (Wildman–Crippen LogP) is -0.255. The average molecular weight is 315 g/mol. The van der Waals surface area contributed by atoms with Gasteiger partial charge in [-0.15, -0.1) is 0 Å². The summed E-state index contributed by atoms with van der Waals surface area (Å²) in [5, 5.41) is 0. The number of primary amides is 1. The minimum Gasteiger partial charge on any atom is -0.493 e. The molecule has 1 aliphatic heterocycles. The van der Waals surface area contributed by atoms with Crippen molar-refractivity contribution in [1.29, 1.82) is 0 Å². The Morgan fingerprint density at radius 3 is 2.43 bits per heavy atom. The Morgan fingerprint density at radius 1 is 1.29 bits per heavy atom. The second-order valence-electron chi connectivity index (χ2n) is 4.58. The van der Waals surface area contributed by atoms with E-state index in [-0.39, 0.29) is 24.0 Å². The van der Waals surface area contributed by atoms with Crippen LogP contribution in [0.4, 0.5) is 4.79 Å². The van der Waals surface area contributed by atoms with Crippen LogP contribution in [0.1, 0.15) is 0 Å². The monoisotopic (exact) mass is 315 g/mol. The van der Waals surface area contributed by atoms with Crippen LogP contribution >= 0.6 is 0 Å². The Labute approximate surface area is 122 Å². The van der Waals surface area contributed by atoms with Gasteiger partial charge < -0.3 is 20.1 Å². The number of urea groups is 1. The largest absolute Gasteiger partial charge is 0.493 e. The molecule has 0 aliphatic carbocycles. The number of ether oxygens (including phenoxy) is 2. The van der Waals surface area contributed by atoms with Crippen molar-refractivity contribution in [3.05, 3.63) is 18.2 Å². The highest BCUT2D eigenvalue weighted by Crippen LogP contribution is 2.29. The molecule has 2 rings (SSSR count). The maximum atomic E-state index is 12.2. The van der Waals surface area contributed by atoms with Crippen molar-refractivity contribution in [2.45, 2.75) is 10.9 Å². The van der Waals surface area contributed by atoms with E-state index in [1.165, 1.54) is 37.3 Å². The van der Waals surface area contributed by atoms with Crippen LogP contribution in [0.15, 0.2) is 23.1 Å². The summed E-state index contributed by atoms with van der Waals surface area (Å²) in [6, 6.07) is 3.43. The molecule has 0 unspecified atom stereocenters. The molecule has 8 nitrogen and oxygen atoms in total. The third-order valence-electron chi connectivity index (χ3n) is 3.18. The Bertz CT molecular complexity index is 640. The predicted molar refractivity (Wildman–Crippen MR) is 74.8 cm³/mol. The molecule has 1 aromatic carbocycles. The van der Waals surface area contributed by atoms with Crippen molar-refractivity contribution in [3.63, 3.8) is 0 Å². The Morgan fingerprint density at radius 2 is 1.90 bits per heavy atom. The number of hydrogen-bond acceptors (Lipinski definition) is 5. The van der Waals surface area contributed by atoms with Gasteiger partial charge in [0, 0.05) is 19.2 Å². The van der Waals surface area contributed by atoms with E-state index in [1.54, 1.807) is 0 Å². The van der Waals surface area contributed by atoms with Crippen LogP contribution in [0, 0.1) is 0 Å². The highest BCUT2D eigenvalue weighted by atomic mass is 32.2. The van der Waals surface area contributed by atoms with Crippen LogP contribution < -0.4 is 19.9 Å². The fraction of sp³-hybridized carbons (Fsp3) is 0.417. The van der Waals surface area contributed by atoms with Crippen molar-refractivity contribution >= 4 is 16.1 Å². The first-order valence-electron chi connectivity index (χ1n) is 6.16. The van der Waals surface area contributed by atoms with Crippen LogP contribution in [-0.4, -0.2) is 52.7 Å². The third kappa shape index (κ3) is 3.19. The molecule has 0 saturated carbocycles. The van der Waals surface area contributed by atoms with Crippen molar-refractivity contribution in [1.82, 2.24) is 9.62 Å². The molecule has 9 heteroatoms. The van der Waals surface area contributed by atoms with Crippen LogP contribution in [0.5, 0.6) is 11.5 Å². The van der Waals surface area contributed by atoms with Crippen molar-refractivity contribution in [3.8, 4) is 11.5 Å². The fourth-order valence-electron chi connectivity index (χ4n) is 2.00. The normalized spacial score (nSPS) is 15.4. The van der Waals surface area contributed by atoms with Gasteiger partial charge in [0.1, 0.15) is 0 Å². The standard InChI is InChI=1S/C12H17N3O5S/c1-19-10-4-3-9(5-11(10)20-2)21(17,18)14-8-6-15(7-8)12(13)16/h3-5,8,14H,6-7H2,1-2H3,(H2,13,16). The molecule has 3 N–H and O–H groups in total. The number of amides is 2. The van der Waals surface area contributed by atoms with Gasteiger partial charge in [0.05, 0.1) is 25.2 Å². The molecule has 1 aromatic rings. The maximum Gasteiger partial charge on any atom is 0.314 e. The summed E-state index contributed by atoms with van der Waals surface area (Å²) in [6.07, 6.45) is 0. The first-order valence-corrected chi connectivity index (χ1v) is 7.64. The van der Waals surface area contributed by atoms with Crippen molar-refractivity contribution < 1.29 is 22.7 Å². The third-order valence-corrected chi connectivity index (χ3v) is 4.70. The molecule has 1 heterocycles. The van der Waals surface area contributed by atoms with E-state index in [4.69, 9.17) is 15.2 Å². The lowest BCUT2D eigenvalue weighted by atomic mass is 10.1. The number of rotatable bonds is 5. The molecule has 1 fully saturated rings. The lowest BCUT2D eigenvalue weighted by Gasteiger charge is -2.37. The zero-order valence-electron chi connectivity index (χ0n) is 11.7. The van der Waals surface area contributed by atoms with Crippen LogP contribution in [-0.2, 0) is 10.0 Å². The number of sulfonamides is 1. The van der Waals surface area contributed by atoms with Crippen molar-refractivity contribution in [2.75, 3.05) is 27.3 Å². The summed E-state index contributed by atoms with van der Waals surface area (Å²) >= 11 is 0. The van der Waals surface area contributed by atoms with Gasteiger partial charge in [-0.1, -0.05) is 0 Å². The quantitative estimate of drug-likeness (QED) is 0.778. The molecule has 0 aromatic heterocycles. The molecule has 116 valence electrons. The average Bonchev–Trinajstić information content (AvgIpc) is 2.41. The first kappa shape index (κ1) is 15.4. The van der Waals surface area contributed by atoms with E-state index in [2.05, 4.69) is 4.72 Å². The highest BCUT2D eigenvalue weighted by Gasteiger charge is 2.33. The molecular weight excluding hydrogens is 298 g/mol. The van der Waals surface area contributed by atoms with Gasteiger partial charge in [0.25, 0.3) is 0 Å². The number of methoxy groups -OCH3 is 2. The fourth-order valence-corrected chi connectivity index (χ4v) is 3.24. The summed E-state index contributed by atoms with van der Waals surface area (Å²) in [5.74, 6) is 0.771. The van der Waals surface area contributed by atoms with Gasteiger partial charge in [-0.05, 0) is 12.1 Å². The number of benzene rings is 1. The van der Waals surface area contributed by atoms with Gasteiger partial charge >= 0.3 is 6.03 Å². The van der Waals surface area contributed by atoms with E-state index in [0.717, 1.165) is 0 Å². The molecule has 0 radical (unpaired) electrons. The summed E-state index contributed by atoms with van der Waals surface area (Å²) in [6.45, 7) is 0.531. The second kappa shape index (κ2) is 5.78. The van der Waals surface area contributed by atoms with Gasteiger partial charge in [0.2, 0.25) is 10.0 Å². The molecule has 0 bridgehead atoms. The van der Waals surface area contributed by atoms with E-state index < -0.39 is 16.1 Å². The van der Waals surface area contributed by atoms with Crippen LogP contribution in [0.25, 0.3) is 0 Å². The Kier molecular flexibility index (Phi) is 4.24. The highest BCUT2D eigenvalue weighted by molar-refractivity contribution is 7.89. The van der Waals surface area contributed by atoms with Gasteiger partial charge in [-0.3, -0.25) is 0 Å². The number of nitrogens with zero attached hydrogens (tertiary/aromatic N) is 1. The number of likely N-dealkylation sites (tertiary alicyclic amines) is 1. The second-order valence-corrected chi connectivity index (χ2v) is 6.29. The van der Waals surface area contributed by atoms with Crippen molar-refractivity contribution in [2.24, 2.45) is 5.73 Å². The van der Waals surface area contributed by atoms with Crippen LogP contribution in [0.3, 0.4) is 0 Å². The van der Waals surface area contributed by atoms with E-state index in [9.17, 15) is 13.2 Å². The molecule has 21 heavy (non-hydrogen) atoms. The minimum atomic E-state index is -3.69. The number of hydrogen-bond donors (Lipinski definition) is 2. The molecule has 1 aliphatic rings. The smallest absolute Gasteiger partial charge is 0.314 e. The van der Waals surface area contributed by atoms with E-state index in [0.29, 0.717) is 11.5 Å². The van der Waals surface area contributed by atoms with E-state index in [1.807, 2.05) is 0 Å². The Balaban J connectivity index is 2.12. The molecule has 1 saturated heterocycles. The maximum absolute atomic E-state index is 12.2.